The quantitative estimate of drug-likeness (QED) is 0.0222. The highest BCUT2D eigenvalue weighted by Gasteiger charge is 2.30. The second kappa shape index (κ2) is 74.9. The van der Waals surface area contributed by atoms with E-state index in [0.717, 1.165) is 102 Å². The third kappa shape index (κ3) is 76.1. The van der Waals surface area contributed by atoms with E-state index in [4.69, 9.17) is 37.0 Å². The molecule has 0 aromatic heterocycles. The number of hydrogen-bond acceptors (Lipinski definition) is 15. The molecule has 0 amide bonds. The van der Waals surface area contributed by atoms with Crippen LogP contribution in [0, 0.1) is 5.92 Å². The molecule has 0 aromatic rings. The summed E-state index contributed by atoms with van der Waals surface area (Å²) >= 11 is 0. The molecule has 3 N–H and O–H groups in total. The van der Waals surface area contributed by atoms with E-state index in [1.54, 1.807) is 0 Å². The highest BCUT2D eigenvalue weighted by Crippen LogP contribution is 2.45. The van der Waals surface area contributed by atoms with Gasteiger partial charge in [0.2, 0.25) is 0 Å². The third-order valence-corrected chi connectivity index (χ3v) is 21.2. The lowest BCUT2D eigenvalue weighted by Gasteiger charge is -2.21. The fraction of sp³-hybridized carbons (Fsp3) is 0.951. The van der Waals surface area contributed by atoms with Crippen LogP contribution in [0.3, 0.4) is 0 Å². The summed E-state index contributed by atoms with van der Waals surface area (Å²) in [5.74, 6) is -1.33. The number of phosphoric acid groups is 2. The van der Waals surface area contributed by atoms with Crippen LogP contribution in [0.15, 0.2) is 0 Å². The molecule has 0 bridgehead atoms. The molecule has 0 radical (unpaired) electrons. The van der Waals surface area contributed by atoms with Crippen molar-refractivity contribution in [3.8, 4) is 0 Å². The Labute approximate surface area is 619 Å². The molecule has 0 fully saturated rings. The van der Waals surface area contributed by atoms with Crippen LogP contribution in [-0.2, 0) is 65.4 Å². The number of aliphatic hydroxyl groups is 1. The zero-order valence-corrected chi connectivity index (χ0v) is 67.8. The number of ether oxygens (including phenoxy) is 4. The number of hydrogen-bond donors (Lipinski definition) is 3. The van der Waals surface area contributed by atoms with Crippen LogP contribution >= 0.6 is 15.6 Å². The minimum absolute atomic E-state index is 0.107. The highest BCUT2D eigenvalue weighted by atomic mass is 31.2. The Kier molecular flexibility index (Phi) is 73.5. The Bertz CT molecular complexity index is 1930. The molecule has 5 atom stereocenters. The van der Waals surface area contributed by atoms with E-state index >= 15 is 0 Å². The Hall–Kier alpha value is -1.94. The lowest BCUT2D eigenvalue weighted by atomic mass is 10.0. The fourth-order valence-corrected chi connectivity index (χ4v) is 14.3. The molecular formula is C82H160O17P2. The Morgan fingerprint density at radius 3 is 0.673 bits per heavy atom. The van der Waals surface area contributed by atoms with Gasteiger partial charge < -0.3 is 33.8 Å². The first-order valence-electron chi connectivity index (χ1n) is 42.6. The van der Waals surface area contributed by atoms with Gasteiger partial charge in [-0.25, -0.2) is 9.13 Å². The molecule has 0 saturated heterocycles. The Balaban J connectivity index is 5.19. The average molecular weight is 1480 g/mol. The van der Waals surface area contributed by atoms with E-state index in [0.29, 0.717) is 25.7 Å². The van der Waals surface area contributed by atoms with E-state index in [2.05, 4.69) is 34.6 Å². The Morgan fingerprint density at radius 2 is 0.455 bits per heavy atom. The zero-order chi connectivity index (χ0) is 74.1. The summed E-state index contributed by atoms with van der Waals surface area (Å²) < 4.78 is 68.7. The number of aliphatic hydroxyl groups excluding tert-OH is 1. The first kappa shape index (κ1) is 99.1. The fourth-order valence-electron chi connectivity index (χ4n) is 12.8. The molecule has 0 aliphatic rings. The van der Waals surface area contributed by atoms with E-state index in [-0.39, 0.29) is 25.7 Å². The van der Waals surface area contributed by atoms with Crippen LogP contribution < -0.4 is 0 Å². The normalized spacial score (nSPS) is 13.8. The van der Waals surface area contributed by atoms with Crippen molar-refractivity contribution in [3.63, 3.8) is 0 Å². The topological polar surface area (TPSA) is 237 Å². The van der Waals surface area contributed by atoms with Gasteiger partial charge in [-0.3, -0.25) is 37.3 Å². The van der Waals surface area contributed by atoms with Crippen LogP contribution in [0.5, 0.6) is 0 Å². The molecule has 0 aromatic carbocycles. The highest BCUT2D eigenvalue weighted by molar-refractivity contribution is 7.47. The molecule has 19 heteroatoms. The summed E-state index contributed by atoms with van der Waals surface area (Å²) in [6.07, 6.45) is 66.7. The molecule has 0 spiro atoms. The monoisotopic (exact) mass is 1480 g/mol. The van der Waals surface area contributed by atoms with Gasteiger partial charge in [0.25, 0.3) is 0 Å². The molecule has 0 aliphatic carbocycles. The van der Waals surface area contributed by atoms with E-state index in [9.17, 15) is 43.2 Å². The van der Waals surface area contributed by atoms with Crippen molar-refractivity contribution in [1.29, 1.82) is 0 Å². The van der Waals surface area contributed by atoms with Crippen molar-refractivity contribution in [2.45, 2.75) is 457 Å². The number of carbonyl (C=O) groups is 4. The molecule has 101 heavy (non-hydrogen) atoms. The third-order valence-electron chi connectivity index (χ3n) is 19.3. The smallest absolute Gasteiger partial charge is 0.462 e. The van der Waals surface area contributed by atoms with Gasteiger partial charge >= 0.3 is 39.5 Å². The lowest BCUT2D eigenvalue weighted by molar-refractivity contribution is -0.161. The largest absolute Gasteiger partial charge is 0.472 e. The Morgan fingerprint density at radius 1 is 0.267 bits per heavy atom. The van der Waals surface area contributed by atoms with Crippen molar-refractivity contribution < 1.29 is 80.2 Å². The van der Waals surface area contributed by atoms with Gasteiger partial charge in [-0.2, -0.15) is 0 Å². The van der Waals surface area contributed by atoms with Crippen molar-refractivity contribution in [2.24, 2.45) is 5.92 Å². The van der Waals surface area contributed by atoms with Gasteiger partial charge in [0.05, 0.1) is 26.4 Å². The summed E-state index contributed by atoms with van der Waals surface area (Å²) in [6, 6.07) is 0. The van der Waals surface area contributed by atoms with Crippen molar-refractivity contribution in [2.75, 3.05) is 39.6 Å². The molecule has 600 valence electrons. The number of carbonyl (C=O) groups excluding carboxylic acids is 4. The second-order valence-corrected chi connectivity index (χ2v) is 32.9. The molecule has 0 heterocycles. The number of unbranched alkanes of at least 4 members (excludes halogenated alkanes) is 54. The zero-order valence-electron chi connectivity index (χ0n) is 66.1. The number of phosphoric ester groups is 2. The summed E-state index contributed by atoms with van der Waals surface area (Å²) in [7, 11) is -9.92. The molecule has 0 rings (SSSR count). The van der Waals surface area contributed by atoms with Gasteiger partial charge in [-0.05, 0) is 31.6 Å². The summed E-state index contributed by atoms with van der Waals surface area (Å²) in [6.45, 7) is 7.32. The van der Waals surface area contributed by atoms with Gasteiger partial charge in [-0.15, -0.1) is 0 Å². The first-order chi connectivity index (χ1) is 49.0. The molecule has 0 aliphatic heterocycles. The maximum atomic E-state index is 13.1. The first-order valence-corrected chi connectivity index (χ1v) is 45.6. The minimum atomic E-state index is -4.96. The standard InChI is InChI=1S/C82H160O17P2/c1-6-9-12-15-18-21-23-25-27-29-31-32-34-36-38-43-47-52-57-62-67-81(86)99-78(72-93-80(85)66-61-56-51-46-42-37-35-33-30-28-26-24-22-19-16-13-10-7-2)74-97-101(90,91)95-70-76(83)69-94-100(88,89)96-73-77(71-92-79(84)65-60-55-50-20-17-14-11-8-3)98-82(87)68-63-58-53-48-44-40-39-41-45-49-54-59-64-75(4)5/h75-78,83H,6-74H2,1-5H3,(H,88,89)(H,90,91)/t76-,77+,78+/m0/s1. The van der Waals surface area contributed by atoms with E-state index < -0.39 is 97.5 Å². The van der Waals surface area contributed by atoms with Crippen molar-refractivity contribution in [1.82, 2.24) is 0 Å². The summed E-state index contributed by atoms with van der Waals surface area (Å²) in [4.78, 5) is 73.0. The van der Waals surface area contributed by atoms with E-state index in [1.807, 2.05) is 0 Å². The predicted octanol–water partition coefficient (Wildman–Crippen LogP) is 24.8. The number of esters is 4. The minimum Gasteiger partial charge on any atom is -0.462 e. The maximum absolute atomic E-state index is 13.1. The van der Waals surface area contributed by atoms with Crippen molar-refractivity contribution >= 4 is 39.5 Å². The SMILES string of the molecule is CCCCCCCCCCCCCCCCCCCCCCC(=O)O[C@H](COC(=O)CCCCCCCCCCCCCCCCCCCC)COP(=O)(O)OC[C@@H](O)COP(=O)(O)OC[C@@H](COC(=O)CCCCCCCCCC)OC(=O)CCCCCCCCCCCCCCC(C)C. The van der Waals surface area contributed by atoms with Gasteiger partial charge in [0.15, 0.2) is 12.2 Å². The number of rotatable bonds is 82. The van der Waals surface area contributed by atoms with Crippen LogP contribution in [0.4, 0.5) is 0 Å². The molecule has 2 unspecified atom stereocenters. The summed E-state index contributed by atoms with van der Waals surface area (Å²) in [5.41, 5.74) is 0. The van der Waals surface area contributed by atoms with Gasteiger partial charge in [0.1, 0.15) is 19.3 Å². The maximum Gasteiger partial charge on any atom is 0.472 e. The van der Waals surface area contributed by atoms with Crippen molar-refractivity contribution in [3.05, 3.63) is 0 Å². The van der Waals surface area contributed by atoms with Gasteiger partial charge in [0, 0.05) is 25.7 Å². The van der Waals surface area contributed by atoms with Crippen LogP contribution in [-0.4, -0.2) is 96.7 Å². The van der Waals surface area contributed by atoms with E-state index in [1.165, 1.54) is 257 Å². The summed E-state index contributed by atoms with van der Waals surface area (Å²) in [5, 5.41) is 10.6. The second-order valence-electron chi connectivity index (χ2n) is 30.0. The van der Waals surface area contributed by atoms with Crippen LogP contribution in [0.1, 0.15) is 439 Å². The average Bonchev–Trinajstić information content (AvgIpc) is 1.04. The molecular weight excluding hydrogens is 1320 g/mol. The molecule has 17 nitrogen and oxygen atoms in total. The molecule has 0 saturated carbocycles. The predicted molar refractivity (Wildman–Crippen MR) is 414 cm³/mol. The lowest BCUT2D eigenvalue weighted by Crippen LogP contribution is -2.30. The van der Waals surface area contributed by atoms with Crippen LogP contribution in [0.25, 0.3) is 0 Å². The van der Waals surface area contributed by atoms with Gasteiger partial charge in [-0.1, -0.05) is 388 Å². The van der Waals surface area contributed by atoms with Crippen LogP contribution in [0.2, 0.25) is 0 Å².